The third-order valence-electron chi connectivity index (χ3n) is 2.99. The van der Waals surface area contributed by atoms with Crippen molar-refractivity contribution in [2.24, 2.45) is 0 Å². The Bertz CT molecular complexity index is 581. The van der Waals surface area contributed by atoms with Crippen LogP contribution in [0.1, 0.15) is 21.8 Å². The number of alkyl halides is 3. The number of ketones is 1. The van der Waals surface area contributed by atoms with Crippen molar-refractivity contribution in [3.8, 4) is 0 Å². The molecule has 2 rings (SSSR count). The Labute approximate surface area is 125 Å². The van der Waals surface area contributed by atoms with Crippen LogP contribution in [0.3, 0.4) is 0 Å². The van der Waals surface area contributed by atoms with Crippen LogP contribution in [0.4, 0.5) is 13.2 Å². The van der Waals surface area contributed by atoms with E-state index in [4.69, 9.17) is 0 Å². The number of carbonyl (C=O) groups excluding carboxylic acids is 1. The fourth-order valence-electron chi connectivity index (χ4n) is 1.99. The van der Waals surface area contributed by atoms with E-state index in [-0.39, 0.29) is 23.3 Å². The summed E-state index contributed by atoms with van der Waals surface area (Å²) in [4.78, 5) is 12.5. The quantitative estimate of drug-likeness (QED) is 0.730. The molecule has 5 heteroatoms. The highest BCUT2D eigenvalue weighted by Crippen LogP contribution is 2.35. The Kier molecular flexibility index (Phi) is 5.07. The first-order chi connectivity index (χ1) is 9.97. The molecule has 0 saturated carbocycles. The Hall–Kier alpha value is -1.75. The van der Waals surface area contributed by atoms with Crippen molar-refractivity contribution in [1.29, 1.82) is 0 Å². The third kappa shape index (κ3) is 4.63. The molecule has 1 atom stereocenters. The highest BCUT2D eigenvalue weighted by Gasteiger charge is 2.32. The van der Waals surface area contributed by atoms with Gasteiger partial charge in [0.05, 0.1) is 5.92 Å². The SMILES string of the molecule is O=C(c1ccccc1)C(CSC(F)(F)F)c1ccccc1. The largest absolute Gasteiger partial charge is 0.441 e. The molecule has 2 aromatic carbocycles. The lowest BCUT2D eigenvalue weighted by Gasteiger charge is -2.17. The Morgan fingerprint density at radius 3 is 2.00 bits per heavy atom. The predicted molar refractivity (Wildman–Crippen MR) is 78.5 cm³/mol. The maximum absolute atomic E-state index is 12.5. The van der Waals surface area contributed by atoms with Crippen molar-refractivity contribution < 1.29 is 18.0 Å². The molecule has 1 nitrogen and oxygen atoms in total. The van der Waals surface area contributed by atoms with E-state index in [0.717, 1.165) is 0 Å². The van der Waals surface area contributed by atoms with Gasteiger partial charge in [0.2, 0.25) is 0 Å². The van der Waals surface area contributed by atoms with Gasteiger partial charge >= 0.3 is 5.51 Å². The molecule has 0 bridgehead atoms. The first kappa shape index (κ1) is 15.6. The van der Waals surface area contributed by atoms with Gasteiger partial charge in [-0.2, -0.15) is 13.2 Å². The summed E-state index contributed by atoms with van der Waals surface area (Å²) in [5.74, 6) is -1.42. The van der Waals surface area contributed by atoms with Crippen molar-refractivity contribution in [3.63, 3.8) is 0 Å². The average molecular weight is 310 g/mol. The van der Waals surface area contributed by atoms with Crippen LogP contribution in [0, 0.1) is 0 Å². The summed E-state index contributed by atoms with van der Waals surface area (Å²) in [5.41, 5.74) is -3.32. The van der Waals surface area contributed by atoms with Crippen molar-refractivity contribution in [2.45, 2.75) is 11.4 Å². The molecule has 0 fully saturated rings. The van der Waals surface area contributed by atoms with Crippen LogP contribution in [0.5, 0.6) is 0 Å². The van der Waals surface area contributed by atoms with Gasteiger partial charge in [0.25, 0.3) is 0 Å². The lowest BCUT2D eigenvalue weighted by atomic mass is 9.92. The maximum atomic E-state index is 12.5. The summed E-state index contributed by atoms with van der Waals surface area (Å²) < 4.78 is 37.3. The van der Waals surface area contributed by atoms with E-state index in [1.807, 2.05) is 0 Å². The molecule has 0 aromatic heterocycles. The predicted octanol–water partition coefficient (Wildman–Crippen LogP) is 4.91. The zero-order chi connectivity index (χ0) is 15.3. The fraction of sp³-hybridized carbons (Fsp3) is 0.188. The molecule has 21 heavy (non-hydrogen) atoms. The maximum Gasteiger partial charge on any atom is 0.441 e. The molecule has 0 heterocycles. The zero-order valence-corrected chi connectivity index (χ0v) is 11.8. The van der Waals surface area contributed by atoms with Crippen LogP contribution in [-0.4, -0.2) is 17.0 Å². The van der Waals surface area contributed by atoms with Crippen molar-refractivity contribution in [1.82, 2.24) is 0 Å². The van der Waals surface area contributed by atoms with Crippen LogP contribution in [0.25, 0.3) is 0 Å². The van der Waals surface area contributed by atoms with E-state index in [9.17, 15) is 18.0 Å². The van der Waals surface area contributed by atoms with Crippen molar-refractivity contribution in [3.05, 3.63) is 71.8 Å². The number of thioether (sulfide) groups is 1. The lowest BCUT2D eigenvalue weighted by molar-refractivity contribution is -0.0328. The smallest absolute Gasteiger partial charge is 0.293 e. The number of rotatable bonds is 5. The molecule has 2 aromatic rings. The second-order valence-electron chi connectivity index (χ2n) is 4.45. The van der Waals surface area contributed by atoms with Crippen LogP contribution < -0.4 is 0 Å². The molecule has 0 aliphatic rings. The van der Waals surface area contributed by atoms with E-state index in [1.54, 1.807) is 60.7 Å². The number of benzene rings is 2. The van der Waals surface area contributed by atoms with E-state index in [1.165, 1.54) is 0 Å². The number of hydrogen-bond donors (Lipinski definition) is 0. The number of Topliss-reactive ketones (excluding diaryl/α,β-unsaturated/α-hetero) is 1. The van der Waals surface area contributed by atoms with Crippen molar-refractivity contribution >= 4 is 17.5 Å². The first-order valence-electron chi connectivity index (χ1n) is 6.32. The summed E-state index contributed by atoms with van der Waals surface area (Å²) in [7, 11) is 0. The molecular weight excluding hydrogens is 297 g/mol. The first-order valence-corrected chi connectivity index (χ1v) is 7.31. The molecule has 1 unspecified atom stereocenters. The minimum Gasteiger partial charge on any atom is -0.293 e. The van der Waals surface area contributed by atoms with Gasteiger partial charge in [0.1, 0.15) is 0 Å². The van der Waals surface area contributed by atoms with E-state index >= 15 is 0 Å². The minimum absolute atomic E-state index is 0.161. The monoisotopic (exact) mass is 310 g/mol. The van der Waals surface area contributed by atoms with Crippen LogP contribution >= 0.6 is 11.8 Å². The summed E-state index contributed by atoms with van der Waals surface area (Å²) in [6.07, 6.45) is 0. The van der Waals surface area contributed by atoms with E-state index in [2.05, 4.69) is 0 Å². The standard InChI is InChI=1S/C16H13F3OS/c17-16(18,19)21-11-14(12-7-3-1-4-8-12)15(20)13-9-5-2-6-10-13/h1-10,14H,11H2. The summed E-state index contributed by atoms with van der Waals surface area (Å²) >= 11 is -0.161. The Morgan fingerprint density at radius 1 is 0.952 bits per heavy atom. The molecule has 0 aliphatic heterocycles. The summed E-state index contributed by atoms with van der Waals surface area (Å²) in [5, 5.41) is 0. The normalized spacial score (nSPS) is 12.9. The van der Waals surface area contributed by atoms with E-state index in [0.29, 0.717) is 11.1 Å². The molecule has 110 valence electrons. The molecule has 0 amide bonds. The molecular formula is C16H13F3OS. The molecule has 0 saturated heterocycles. The van der Waals surface area contributed by atoms with Gasteiger partial charge in [-0.3, -0.25) is 4.79 Å². The number of halogens is 3. The van der Waals surface area contributed by atoms with Gasteiger partial charge in [-0.05, 0) is 17.3 Å². The minimum atomic E-state index is -4.34. The fourth-order valence-corrected chi connectivity index (χ4v) is 2.69. The van der Waals surface area contributed by atoms with Crippen LogP contribution in [0.2, 0.25) is 0 Å². The zero-order valence-electron chi connectivity index (χ0n) is 11.0. The van der Waals surface area contributed by atoms with E-state index < -0.39 is 11.4 Å². The van der Waals surface area contributed by atoms with Crippen LogP contribution in [0.15, 0.2) is 60.7 Å². The van der Waals surface area contributed by atoms with Crippen molar-refractivity contribution in [2.75, 3.05) is 5.75 Å². The van der Waals surface area contributed by atoms with Gasteiger partial charge < -0.3 is 0 Å². The molecule has 0 N–H and O–H groups in total. The highest BCUT2D eigenvalue weighted by atomic mass is 32.2. The number of carbonyl (C=O) groups is 1. The summed E-state index contributed by atoms with van der Waals surface area (Å²) in [6, 6.07) is 17.0. The van der Waals surface area contributed by atoms with Gasteiger partial charge in [-0.1, -0.05) is 60.7 Å². The molecule has 0 aliphatic carbocycles. The average Bonchev–Trinajstić information content (AvgIpc) is 2.48. The Balaban J connectivity index is 2.26. The van der Waals surface area contributed by atoms with Gasteiger partial charge in [0.15, 0.2) is 5.78 Å². The van der Waals surface area contributed by atoms with Crippen LogP contribution in [-0.2, 0) is 0 Å². The second-order valence-corrected chi connectivity index (χ2v) is 5.54. The van der Waals surface area contributed by atoms with Gasteiger partial charge in [-0.25, -0.2) is 0 Å². The van der Waals surface area contributed by atoms with Gasteiger partial charge in [0, 0.05) is 11.3 Å². The topological polar surface area (TPSA) is 17.1 Å². The third-order valence-corrected chi connectivity index (χ3v) is 3.82. The summed E-state index contributed by atoms with van der Waals surface area (Å²) in [6.45, 7) is 0. The Morgan fingerprint density at radius 2 is 1.48 bits per heavy atom. The second kappa shape index (κ2) is 6.80. The van der Waals surface area contributed by atoms with Gasteiger partial charge in [-0.15, -0.1) is 0 Å². The molecule has 0 spiro atoms. The lowest BCUT2D eigenvalue weighted by Crippen LogP contribution is -2.17. The molecule has 0 radical (unpaired) electrons. The highest BCUT2D eigenvalue weighted by molar-refractivity contribution is 8.00. The number of hydrogen-bond acceptors (Lipinski definition) is 2.